The molecule has 61 heavy (non-hydrogen) atoms. The van der Waals surface area contributed by atoms with Crippen LogP contribution in [0.5, 0.6) is 0 Å². The Morgan fingerprint density at radius 2 is 1.39 bits per heavy atom. The van der Waals surface area contributed by atoms with Gasteiger partial charge in [0.15, 0.2) is 29.3 Å². The number of amides is 1. The van der Waals surface area contributed by atoms with Crippen molar-refractivity contribution in [1.82, 2.24) is 14.4 Å². The summed E-state index contributed by atoms with van der Waals surface area (Å²) < 4.78 is 68.8. The highest BCUT2D eigenvalue weighted by atomic mass is 19.4. The fourth-order valence-corrected chi connectivity index (χ4v) is 7.51. The zero-order valence-electron chi connectivity index (χ0n) is 34.1. The number of nitrogens with zero attached hydrogens (tertiary/aromatic N) is 3. The molecule has 1 amide bonds. The van der Waals surface area contributed by atoms with Crippen LogP contribution in [-0.2, 0) is 46.4 Å². The number of benzene rings is 3. The molecular weight excluding hydrogens is 805 g/mol. The maximum atomic E-state index is 14.5. The van der Waals surface area contributed by atoms with Gasteiger partial charge >= 0.3 is 18.1 Å². The number of alkyl halides is 3. The number of piperidine rings is 1. The van der Waals surface area contributed by atoms with Crippen molar-refractivity contribution in [2.45, 2.75) is 109 Å². The molecule has 4 aromatic rings. The number of aliphatic hydroxyl groups excluding tert-OH is 2. The molecule has 0 radical (unpaired) electrons. The topological polar surface area (TPSA) is 161 Å². The Hall–Kier alpha value is -5.19. The number of rotatable bonds is 19. The van der Waals surface area contributed by atoms with Gasteiger partial charge in [-0.3, -0.25) is 9.59 Å². The molecule has 16 heteroatoms. The van der Waals surface area contributed by atoms with Crippen LogP contribution < -0.4 is 5.43 Å². The van der Waals surface area contributed by atoms with Crippen LogP contribution in [0.25, 0.3) is 10.9 Å². The van der Waals surface area contributed by atoms with E-state index in [-0.39, 0.29) is 42.3 Å². The van der Waals surface area contributed by atoms with Crippen LogP contribution in [0, 0.1) is 11.6 Å². The third-order valence-electron chi connectivity index (χ3n) is 11.0. The van der Waals surface area contributed by atoms with Gasteiger partial charge in [-0.2, -0.15) is 13.2 Å². The molecule has 332 valence electrons. The molecule has 0 spiro atoms. The number of carboxylic acids is 2. The van der Waals surface area contributed by atoms with E-state index in [1.807, 2.05) is 21.6 Å². The van der Waals surface area contributed by atoms with Gasteiger partial charge in [-0.15, -0.1) is 0 Å². The van der Waals surface area contributed by atoms with Crippen molar-refractivity contribution in [2.24, 2.45) is 0 Å². The van der Waals surface area contributed by atoms with Crippen molar-refractivity contribution in [3.05, 3.63) is 117 Å². The summed E-state index contributed by atoms with van der Waals surface area (Å²) in [5.74, 6) is -5.37. The number of fused-ring (bicyclic) bond motifs is 1. The molecular formula is C45H54F5N3O8. The van der Waals surface area contributed by atoms with E-state index in [2.05, 4.69) is 11.8 Å². The number of pyridine rings is 1. The van der Waals surface area contributed by atoms with Crippen LogP contribution >= 0.6 is 0 Å². The Morgan fingerprint density at radius 3 is 2.00 bits per heavy atom. The van der Waals surface area contributed by atoms with Crippen molar-refractivity contribution in [3.63, 3.8) is 0 Å². The van der Waals surface area contributed by atoms with Gasteiger partial charge in [0, 0.05) is 42.8 Å². The van der Waals surface area contributed by atoms with Crippen molar-refractivity contribution in [1.29, 1.82) is 0 Å². The number of halogens is 5. The monoisotopic (exact) mass is 859 g/mol. The average Bonchev–Trinajstić information content (AvgIpc) is 3.24. The lowest BCUT2D eigenvalue weighted by atomic mass is 10.0. The highest BCUT2D eigenvalue weighted by Crippen LogP contribution is 2.29. The molecule has 1 fully saturated rings. The van der Waals surface area contributed by atoms with Crippen molar-refractivity contribution >= 4 is 28.7 Å². The van der Waals surface area contributed by atoms with Crippen molar-refractivity contribution in [3.8, 4) is 0 Å². The van der Waals surface area contributed by atoms with Gasteiger partial charge in [-0.1, -0.05) is 69.0 Å². The van der Waals surface area contributed by atoms with Crippen molar-refractivity contribution < 1.29 is 56.8 Å². The van der Waals surface area contributed by atoms with Crippen LogP contribution in [0.2, 0.25) is 0 Å². The van der Waals surface area contributed by atoms with Gasteiger partial charge in [0.2, 0.25) is 5.91 Å². The molecule has 11 nitrogen and oxygen atoms in total. The smallest absolute Gasteiger partial charge is 0.416 e. The zero-order chi connectivity index (χ0) is 44.7. The van der Waals surface area contributed by atoms with E-state index < -0.39 is 47.5 Å². The molecule has 0 bridgehead atoms. The largest absolute Gasteiger partial charge is 0.479 e. The highest BCUT2D eigenvalue weighted by molar-refractivity contribution is 5.83. The number of carbonyl (C=O) groups excluding carboxylic acids is 1. The quantitative estimate of drug-likeness (QED) is 0.0584. The molecule has 1 saturated heterocycles. The number of aliphatic carboxylic acids is 2. The number of aromatic nitrogens is 1. The van der Waals surface area contributed by atoms with E-state index in [1.165, 1.54) is 18.2 Å². The first kappa shape index (κ1) is 48.5. The second kappa shape index (κ2) is 23.1. The lowest BCUT2D eigenvalue weighted by Crippen LogP contribution is -2.48. The average molecular weight is 860 g/mol. The summed E-state index contributed by atoms with van der Waals surface area (Å²) >= 11 is 0. The lowest BCUT2D eigenvalue weighted by molar-refractivity contribution is -0.165. The summed E-state index contributed by atoms with van der Waals surface area (Å²) in [4.78, 5) is 51.3. The standard InChI is InChI=1S/C41H48F5N3O2.C4H6O6/c1-2-47-26-23-33(24-27-47)48(25-10-6-4-3-5-7-12-30-17-20-32(21-18-30)41(44,45)46)39(51)29-49-34(22-19-31-13-11-15-36(42)40(31)43)28-38(50)35-14-8-9-16-37(35)49;5-1(3(7)8)2(6)4(9)10/h8-9,11,13-18,20-21,28,33H,2-7,10,12,19,22-27,29H2,1H3;1-2,5-6H,(H,7,8)(H,9,10)/t;1-,2-/m.1/s1. The highest BCUT2D eigenvalue weighted by Gasteiger charge is 2.31. The molecule has 5 rings (SSSR count). The minimum Gasteiger partial charge on any atom is -0.479 e. The number of hydrogen-bond donors (Lipinski definition) is 4. The molecule has 2 heterocycles. The van der Waals surface area contributed by atoms with Crippen LogP contribution in [-0.4, -0.2) is 97.1 Å². The number of hydrogen-bond acceptors (Lipinski definition) is 7. The van der Waals surface area contributed by atoms with Gasteiger partial charge in [-0.05, 0) is 92.9 Å². The number of aryl methyl sites for hydroxylation is 3. The fourth-order valence-electron chi connectivity index (χ4n) is 7.51. The first-order chi connectivity index (χ1) is 29.0. The second-order valence-corrected chi connectivity index (χ2v) is 15.2. The summed E-state index contributed by atoms with van der Waals surface area (Å²) in [5.41, 5.74) is 1.58. The molecule has 3 aromatic carbocycles. The lowest BCUT2D eigenvalue weighted by Gasteiger charge is -2.38. The van der Waals surface area contributed by atoms with E-state index >= 15 is 0 Å². The Kier molecular flexibility index (Phi) is 18.4. The number of aliphatic hydroxyl groups is 2. The fraction of sp³-hybridized carbons (Fsp3) is 0.467. The number of carboxylic acid groups (broad SMARTS) is 2. The van der Waals surface area contributed by atoms with E-state index in [9.17, 15) is 41.1 Å². The van der Waals surface area contributed by atoms with E-state index in [0.29, 0.717) is 23.1 Å². The molecule has 0 aliphatic carbocycles. The molecule has 2 atom stereocenters. The van der Waals surface area contributed by atoms with Gasteiger partial charge in [-0.25, -0.2) is 18.4 Å². The Bertz CT molecular complexity index is 2100. The van der Waals surface area contributed by atoms with Crippen LogP contribution in [0.1, 0.15) is 80.7 Å². The van der Waals surface area contributed by atoms with Gasteiger partial charge in [0.05, 0.1) is 11.1 Å². The SMILES string of the molecule is CCN1CCC(N(CCCCCCCCc2ccc(C(F)(F)F)cc2)C(=O)Cn2c(CCc3cccc(F)c3F)cc(=O)c3ccccc32)CC1.O=C(O)[C@H](O)[C@@H](O)C(=O)O. The number of para-hydroxylation sites is 1. The number of unbranched alkanes of at least 4 members (excludes halogenated alkanes) is 5. The summed E-state index contributed by atoms with van der Waals surface area (Å²) in [5, 5.41) is 33.0. The van der Waals surface area contributed by atoms with E-state index in [0.717, 1.165) is 101 Å². The third-order valence-corrected chi connectivity index (χ3v) is 11.0. The van der Waals surface area contributed by atoms with Crippen LogP contribution in [0.15, 0.2) is 77.6 Å². The molecule has 1 aromatic heterocycles. The molecule has 1 aliphatic heterocycles. The third kappa shape index (κ3) is 14.2. The summed E-state index contributed by atoms with van der Waals surface area (Å²) in [6.45, 7) is 5.64. The van der Waals surface area contributed by atoms with Gasteiger partial charge in [0.25, 0.3) is 0 Å². The zero-order valence-corrected chi connectivity index (χ0v) is 34.1. The van der Waals surface area contributed by atoms with E-state index in [4.69, 9.17) is 20.4 Å². The maximum absolute atomic E-state index is 14.5. The number of carbonyl (C=O) groups is 3. The van der Waals surface area contributed by atoms with E-state index in [1.54, 1.807) is 24.3 Å². The Morgan fingerprint density at radius 1 is 0.787 bits per heavy atom. The molecule has 1 aliphatic rings. The Balaban J connectivity index is 0.000000727. The second-order valence-electron chi connectivity index (χ2n) is 15.2. The molecule has 0 saturated carbocycles. The minimum absolute atomic E-state index is 0.0199. The van der Waals surface area contributed by atoms with Crippen LogP contribution in [0.3, 0.4) is 0 Å². The normalized spacial score (nSPS) is 14.6. The molecule has 0 unspecified atom stereocenters. The van der Waals surface area contributed by atoms with Crippen molar-refractivity contribution in [2.75, 3.05) is 26.2 Å². The van der Waals surface area contributed by atoms with Crippen LogP contribution in [0.4, 0.5) is 22.0 Å². The first-order valence-electron chi connectivity index (χ1n) is 20.6. The van der Waals surface area contributed by atoms with Gasteiger partial charge in [0.1, 0.15) is 6.54 Å². The molecule has 4 N–H and O–H groups in total. The number of likely N-dealkylation sites (tertiary alicyclic amines) is 1. The maximum Gasteiger partial charge on any atom is 0.416 e. The minimum atomic E-state index is -4.32. The first-order valence-corrected chi connectivity index (χ1v) is 20.6. The summed E-state index contributed by atoms with van der Waals surface area (Å²) in [6, 6.07) is 18.3. The van der Waals surface area contributed by atoms with Gasteiger partial charge < -0.3 is 34.8 Å². The predicted molar refractivity (Wildman–Crippen MR) is 219 cm³/mol. The predicted octanol–water partition coefficient (Wildman–Crippen LogP) is 6.86. The summed E-state index contributed by atoms with van der Waals surface area (Å²) in [7, 11) is 0. The summed E-state index contributed by atoms with van der Waals surface area (Å²) in [6.07, 6.45) is -0.145. The Labute approximate surface area is 351 Å².